The van der Waals surface area contributed by atoms with Crippen LogP contribution in [0, 0.1) is 0 Å². The van der Waals surface area contributed by atoms with Crippen molar-refractivity contribution in [3.05, 3.63) is 58.1 Å². The normalized spacial score (nSPS) is 12.2. The Bertz CT molecular complexity index is 553. The highest BCUT2D eigenvalue weighted by atomic mass is 79.9. The first kappa shape index (κ1) is 13.9. The summed E-state index contributed by atoms with van der Waals surface area (Å²) < 4.78 is 6.78. The maximum atomic E-state index is 9.23. The van der Waals surface area contributed by atoms with Crippen LogP contribution in [0.25, 0.3) is 0 Å². The Morgan fingerprint density at radius 1 is 1.21 bits per heavy atom. The molecule has 0 saturated carbocycles. The molecular weight excluding hydrogens is 306 g/mol. The topological polar surface area (TPSA) is 55.5 Å². The van der Waals surface area contributed by atoms with Crippen molar-refractivity contribution in [1.82, 2.24) is 0 Å². The number of halogens is 1. The standard InChI is InChI=1S/C15H16BrNO2/c1-10(17)14-8-12(16)4-7-15(14)19-9-11-2-5-13(18)6-3-11/h2-8,10,18H,9,17H2,1H3. The van der Waals surface area contributed by atoms with E-state index in [1.54, 1.807) is 12.1 Å². The van der Waals surface area contributed by atoms with Gasteiger partial charge in [0.1, 0.15) is 18.1 Å². The summed E-state index contributed by atoms with van der Waals surface area (Å²) in [6.07, 6.45) is 0. The third kappa shape index (κ3) is 3.72. The maximum absolute atomic E-state index is 9.23. The summed E-state index contributed by atoms with van der Waals surface area (Å²) in [5, 5.41) is 9.23. The third-order valence-electron chi connectivity index (χ3n) is 2.79. The zero-order valence-electron chi connectivity index (χ0n) is 10.6. The molecule has 0 radical (unpaired) electrons. The Kier molecular flexibility index (Phi) is 4.45. The number of benzene rings is 2. The highest BCUT2D eigenvalue weighted by molar-refractivity contribution is 9.10. The van der Waals surface area contributed by atoms with Crippen molar-refractivity contribution in [2.45, 2.75) is 19.6 Å². The predicted octanol–water partition coefficient (Wildman–Crippen LogP) is 3.75. The maximum Gasteiger partial charge on any atom is 0.124 e. The van der Waals surface area contributed by atoms with E-state index in [1.165, 1.54) is 0 Å². The number of aromatic hydroxyl groups is 1. The molecule has 0 amide bonds. The lowest BCUT2D eigenvalue weighted by Crippen LogP contribution is -2.08. The molecule has 0 fully saturated rings. The van der Waals surface area contributed by atoms with E-state index in [-0.39, 0.29) is 11.8 Å². The van der Waals surface area contributed by atoms with Crippen LogP contribution in [0.2, 0.25) is 0 Å². The quantitative estimate of drug-likeness (QED) is 0.901. The zero-order chi connectivity index (χ0) is 13.8. The van der Waals surface area contributed by atoms with Crippen molar-refractivity contribution in [3.63, 3.8) is 0 Å². The molecular formula is C15H16BrNO2. The molecule has 2 aromatic carbocycles. The van der Waals surface area contributed by atoms with Crippen LogP contribution < -0.4 is 10.5 Å². The fourth-order valence-electron chi connectivity index (χ4n) is 1.76. The van der Waals surface area contributed by atoms with Crippen LogP contribution in [0.4, 0.5) is 0 Å². The molecule has 0 aliphatic rings. The monoisotopic (exact) mass is 321 g/mol. The van der Waals surface area contributed by atoms with E-state index in [9.17, 15) is 5.11 Å². The zero-order valence-corrected chi connectivity index (χ0v) is 12.2. The highest BCUT2D eigenvalue weighted by Crippen LogP contribution is 2.28. The number of hydrogen-bond donors (Lipinski definition) is 2. The van der Waals surface area contributed by atoms with Gasteiger partial charge < -0.3 is 15.6 Å². The number of hydrogen-bond acceptors (Lipinski definition) is 3. The van der Waals surface area contributed by atoms with Crippen molar-refractivity contribution in [2.75, 3.05) is 0 Å². The van der Waals surface area contributed by atoms with Gasteiger partial charge in [-0.25, -0.2) is 0 Å². The Morgan fingerprint density at radius 2 is 1.89 bits per heavy atom. The molecule has 0 aliphatic heterocycles. The fourth-order valence-corrected chi connectivity index (χ4v) is 2.14. The van der Waals surface area contributed by atoms with Gasteiger partial charge in [0.05, 0.1) is 0 Å². The SMILES string of the molecule is CC(N)c1cc(Br)ccc1OCc1ccc(O)cc1. The second-order valence-electron chi connectivity index (χ2n) is 4.43. The lowest BCUT2D eigenvalue weighted by molar-refractivity contribution is 0.301. The summed E-state index contributed by atoms with van der Waals surface area (Å²) in [5.74, 6) is 1.04. The van der Waals surface area contributed by atoms with E-state index in [1.807, 2.05) is 37.3 Å². The van der Waals surface area contributed by atoms with Crippen LogP contribution in [0.15, 0.2) is 46.9 Å². The van der Waals surface area contributed by atoms with Gasteiger partial charge in [0.25, 0.3) is 0 Å². The molecule has 19 heavy (non-hydrogen) atoms. The van der Waals surface area contributed by atoms with Crippen LogP contribution in [-0.2, 0) is 6.61 Å². The second-order valence-corrected chi connectivity index (χ2v) is 5.34. The smallest absolute Gasteiger partial charge is 0.124 e. The summed E-state index contributed by atoms with van der Waals surface area (Å²) in [6.45, 7) is 2.37. The second kappa shape index (κ2) is 6.08. The molecule has 0 aliphatic carbocycles. The molecule has 100 valence electrons. The van der Waals surface area contributed by atoms with Gasteiger partial charge in [0.2, 0.25) is 0 Å². The average molecular weight is 322 g/mol. The number of nitrogens with two attached hydrogens (primary N) is 1. The van der Waals surface area contributed by atoms with E-state index >= 15 is 0 Å². The van der Waals surface area contributed by atoms with Crippen LogP contribution in [0.3, 0.4) is 0 Å². The molecule has 2 rings (SSSR count). The summed E-state index contributed by atoms with van der Waals surface area (Å²) in [6, 6.07) is 12.7. The molecule has 0 saturated heterocycles. The number of ether oxygens (including phenoxy) is 1. The van der Waals surface area contributed by atoms with E-state index in [4.69, 9.17) is 10.5 Å². The van der Waals surface area contributed by atoms with Gasteiger partial charge in [-0.15, -0.1) is 0 Å². The predicted molar refractivity (Wildman–Crippen MR) is 79.2 cm³/mol. The van der Waals surface area contributed by atoms with Gasteiger partial charge in [-0.05, 0) is 42.8 Å². The molecule has 0 aromatic heterocycles. The first-order chi connectivity index (χ1) is 9.06. The summed E-state index contributed by atoms with van der Waals surface area (Å²) in [5.41, 5.74) is 7.90. The summed E-state index contributed by atoms with van der Waals surface area (Å²) >= 11 is 3.43. The molecule has 0 spiro atoms. The van der Waals surface area contributed by atoms with E-state index in [0.717, 1.165) is 21.3 Å². The van der Waals surface area contributed by atoms with Gasteiger partial charge in [0, 0.05) is 16.1 Å². The number of phenolic OH excluding ortho intramolecular Hbond substituents is 1. The minimum atomic E-state index is -0.0904. The van der Waals surface area contributed by atoms with Crippen LogP contribution in [0.5, 0.6) is 11.5 Å². The Labute approximate surface area is 121 Å². The number of rotatable bonds is 4. The van der Waals surface area contributed by atoms with Crippen molar-refractivity contribution >= 4 is 15.9 Å². The van der Waals surface area contributed by atoms with E-state index in [2.05, 4.69) is 15.9 Å². The van der Waals surface area contributed by atoms with E-state index < -0.39 is 0 Å². The largest absolute Gasteiger partial charge is 0.508 e. The highest BCUT2D eigenvalue weighted by Gasteiger charge is 2.09. The van der Waals surface area contributed by atoms with Crippen molar-refractivity contribution in [3.8, 4) is 11.5 Å². The Hall–Kier alpha value is -1.52. The van der Waals surface area contributed by atoms with Crippen LogP contribution >= 0.6 is 15.9 Å². The van der Waals surface area contributed by atoms with Crippen molar-refractivity contribution in [1.29, 1.82) is 0 Å². The molecule has 1 unspecified atom stereocenters. The first-order valence-corrected chi connectivity index (χ1v) is 6.81. The molecule has 3 N–H and O–H groups in total. The third-order valence-corrected chi connectivity index (χ3v) is 3.29. The minimum Gasteiger partial charge on any atom is -0.508 e. The van der Waals surface area contributed by atoms with Gasteiger partial charge in [-0.1, -0.05) is 28.1 Å². The Morgan fingerprint density at radius 3 is 2.53 bits per heavy atom. The molecule has 3 nitrogen and oxygen atoms in total. The van der Waals surface area contributed by atoms with Gasteiger partial charge in [-0.2, -0.15) is 0 Å². The van der Waals surface area contributed by atoms with Crippen molar-refractivity contribution < 1.29 is 9.84 Å². The summed E-state index contributed by atoms with van der Waals surface area (Å²) in [4.78, 5) is 0. The lowest BCUT2D eigenvalue weighted by atomic mass is 10.1. The molecule has 2 aromatic rings. The lowest BCUT2D eigenvalue weighted by Gasteiger charge is -2.14. The average Bonchev–Trinajstić information content (AvgIpc) is 2.39. The molecule has 0 bridgehead atoms. The Balaban J connectivity index is 2.13. The van der Waals surface area contributed by atoms with Gasteiger partial charge in [0.15, 0.2) is 0 Å². The molecule has 1 atom stereocenters. The van der Waals surface area contributed by atoms with E-state index in [0.29, 0.717) is 6.61 Å². The van der Waals surface area contributed by atoms with Gasteiger partial charge in [-0.3, -0.25) is 0 Å². The van der Waals surface area contributed by atoms with Crippen LogP contribution in [0.1, 0.15) is 24.1 Å². The van der Waals surface area contributed by atoms with Crippen molar-refractivity contribution in [2.24, 2.45) is 5.73 Å². The minimum absolute atomic E-state index is 0.0904. The molecule has 0 heterocycles. The molecule has 4 heteroatoms. The number of phenols is 1. The fraction of sp³-hybridized carbons (Fsp3) is 0.200. The summed E-state index contributed by atoms with van der Waals surface area (Å²) in [7, 11) is 0. The van der Waals surface area contributed by atoms with Gasteiger partial charge >= 0.3 is 0 Å². The first-order valence-electron chi connectivity index (χ1n) is 6.02. The van der Waals surface area contributed by atoms with Crippen LogP contribution in [-0.4, -0.2) is 5.11 Å².